The van der Waals surface area contributed by atoms with Gasteiger partial charge < -0.3 is 35.6 Å². The highest BCUT2D eigenvalue weighted by atomic mass is 16.5. The van der Waals surface area contributed by atoms with Crippen LogP contribution in [0, 0.1) is 0 Å². The number of carboxylic acid groups (broad SMARTS) is 1. The van der Waals surface area contributed by atoms with Crippen LogP contribution in [0.2, 0.25) is 0 Å². The van der Waals surface area contributed by atoms with Crippen LogP contribution in [-0.4, -0.2) is 81.2 Å². The van der Waals surface area contributed by atoms with Gasteiger partial charge in [-0.05, 0) is 13.3 Å². The van der Waals surface area contributed by atoms with E-state index in [0.717, 1.165) is 0 Å². The standard InChI is InChI=1S/C11H21NO7.C2H6/c1-5(12-3-8(14)15)2-6-9(16)11(18)10(17)7(4-13)19-6;1-2/h5-7,9-13,16-18H,2-4H2,1H3,(H,14,15);1-2H3/t5?,6?,7?,9-,10+,11?;/m0./s1. The van der Waals surface area contributed by atoms with E-state index in [-0.39, 0.29) is 19.0 Å². The number of carboxylic acids is 1. The SMILES string of the molecule is CC.CC(CC1OC(CO)[C@@H](O)C(O)[C@H]1O)NCC(=O)O. The number of aliphatic hydroxyl groups is 4. The summed E-state index contributed by atoms with van der Waals surface area (Å²) in [6.45, 7) is 5.02. The molecule has 6 atom stereocenters. The Bertz CT molecular complexity index is 300. The van der Waals surface area contributed by atoms with E-state index < -0.39 is 43.1 Å². The van der Waals surface area contributed by atoms with Crippen LogP contribution in [0.1, 0.15) is 27.2 Å². The summed E-state index contributed by atoms with van der Waals surface area (Å²) in [7, 11) is 0. The zero-order chi connectivity index (χ0) is 16.6. The molecule has 8 nitrogen and oxygen atoms in total. The van der Waals surface area contributed by atoms with Gasteiger partial charge in [0.2, 0.25) is 0 Å². The molecular weight excluding hydrogens is 282 g/mol. The van der Waals surface area contributed by atoms with E-state index in [0.29, 0.717) is 0 Å². The molecule has 126 valence electrons. The van der Waals surface area contributed by atoms with Crippen molar-refractivity contribution in [3.8, 4) is 0 Å². The summed E-state index contributed by atoms with van der Waals surface area (Å²) in [5.41, 5.74) is 0. The van der Waals surface area contributed by atoms with Crippen molar-refractivity contribution in [3.63, 3.8) is 0 Å². The molecule has 21 heavy (non-hydrogen) atoms. The van der Waals surface area contributed by atoms with Crippen LogP contribution in [0.15, 0.2) is 0 Å². The maximum atomic E-state index is 10.4. The van der Waals surface area contributed by atoms with E-state index in [1.807, 2.05) is 13.8 Å². The Labute approximate surface area is 124 Å². The number of carbonyl (C=O) groups is 1. The van der Waals surface area contributed by atoms with E-state index in [1.165, 1.54) is 0 Å². The van der Waals surface area contributed by atoms with Crippen molar-refractivity contribution in [3.05, 3.63) is 0 Å². The lowest BCUT2D eigenvalue weighted by atomic mass is 9.92. The maximum Gasteiger partial charge on any atom is 0.317 e. The number of aliphatic hydroxyl groups excluding tert-OH is 4. The summed E-state index contributed by atoms with van der Waals surface area (Å²) >= 11 is 0. The third-order valence-corrected chi connectivity index (χ3v) is 3.18. The van der Waals surface area contributed by atoms with Crippen LogP contribution in [0.4, 0.5) is 0 Å². The van der Waals surface area contributed by atoms with E-state index in [1.54, 1.807) is 6.92 Å². The van der Waals surface area contributed by atoms with E-state index >= 15 is 0 Å². The normalized spacial score (nSPS) is 33.8. The monoisotopic (exact) mass is 309 g/mol. The zero-order valence-electron chi connectivity index (χ0n) is 12.6. The molecule has 1 rings (SSSR count). The molecule has 1 fully saturated rings. The molecule has 0 amide bonds. The topological polar surface area (TPSA) is 139 Å². The van der Waals surface area contributed by atoms with Crippen molar-refractivity contribution >= 4 is 5.97 Å². The quantitative estimate of drug-likeness (QED) is 0.341. The average molecular weight is 309 g/mol. The van der Waals surface area contributed by atoms with Gasteiger partial charge in [0, 0.05) is 6.04 Å². The van der Waals surface area contributed by atoms with Gasteiger partial charge in [0.1, 0.15) is 24.4 Å². The van der Waals surface area contributed by atoms with Gasteiger partial charge in [-0.15, -0.1) is 0 Å². The number of hydrogen-bond acceptors (Lipinski definition) is 7. The first kappa shape index (κ1) is 20.2. The van der Waals surface area contributed by atoms with Gasteiger partial charge in [-0.2, -0.15) is 0 Å². The van der Waals surface area contributed by atoms with Gasteiger partial charge in [-0.3, -0.25) is 4.79 Å². The number of aliphatic carboxylic acids is 1. The molecular formula is C13H27NO7. The van der Waals surface area contributed by atoms with Crippen molar-refractivity contribution in [1.29, 1.82) is 0 Å². The second kappa shape index (κ2) is 10.0. The summed E-state index contributed by atoms with van der Waals surface area (Å²) in [5.74, 6) is -0.999. The first-order valence-corrected chi connectivity index (χ1v) is 7.12. The highest BCUT2D eigenvalue weighted by Crippen LogP contribution is 2.23. The Balaban J connectivity index is 0.00000191. The molecule has 0 aromatic rings. The van der Waals surface area contributed by atoms with Crippen molar-refractivity contribution < 1.29 is 35.1 Å². The molecule has 1 aliphatic heterocycles. The maximum absolute atomic E-state index is 10.4. The predicted molar refractivity (Wildman–Crippen MR) is 74.8 cm³/mol. The Kier molecular flexibility index (Phi) is 9.67. The van der Waals surface area contributed by atoms with Crippen LogP contribution in [0.25, 0.3) is 0 Å². The van der Waals surface area contributed by atoms with Crippen LogP contribution >= 0.6 is 0 Å². The first-order chi connectivity index (χ1) is 9.86. The van der Waals surface area contributed by atoms with Crippen LogP contribution in [0.5, 0.6) is 0 Å². The zero-order valence-corrected chi connectivity index (χ0v) is 12.6. The summed E-state index contributed by atoms with van der Waals surface area (Å²) in [4.78, 5) is 10.4. The largest absolute Gasteiger partial charge is 0.480 e. The number of rotatable bonds is 6. The summed E-state index contributed by atoms with van der Waals surface area (Å²) in [6, 6.07) is -0.266. The lowest BCUT2D eigenvalue weighted by Crippen LogP contribution is -2.59. The molecule has 0 aliphatic carbocycles. The fourth-order valence-electron chi connectivity index (χ4n) is 2.07. The molecule has 1 aliphatic rings. The molecule has 0 spiro atoms. The molecule has 0 bridgehead atoms. The van der Waals surface area contributed by atoms with Crippen LogP contribution in [0.3, 0.4) is 0 Å². The Hall–Kier alpha value is -0.770. The summed E-state index contributed by atoms with van der Waals surface area (Å²) < 4.78 is 5.31. The minimum Gasteiger partial charge on any atom is -0.480 e. The van der Waals surface area contributed by atoms with E-state index in [4.69, 9.17) is 14.9 Å². The number of ether oxygens (including phenoxy) is 1. The van der Waals surface area contributed by atoms with Crippen molar-refractivity contribution in [1.82, 2.24) is 5.32 Å². The minimum atomic E-state index is -1.40. The molecule has 0 radical (unpaired) electrons. The Morgan fingerprint density at radius 3 is 2.14 bits per heavy atom. The van der Waals surface area contributed by atoms with Gasteiger partial charge in [-0.25, -0.2) is 0 Å². The fraction of sp³-hybridized carbons (Fsp3) is 0.923. The fourth-order valence-corrected chi connectivity index (χ4v) is 2.07. The first-order valence-electron chi connectivity index (χ1n) is 7.12. The Morgan fingerprint density at radius 2 is 1.67 bits per heavy atom. The average Bonchev–Trinajstić information content (AvgIpc) is 2.47. The highest BCUT2D eigenvalue weighted by molar-refractivity contribution is 5.69. The lowest BCUT2D eigenvalue weighted by molar-refractivity contribution is -0.231. The minimum absolute atomic E-state index is 0.224. The number of hydrogen-bond donors (Lipinski definition) is 6. The molecule has 0 aromatic carbocycles. The molecule has 1 saturated heterocycles. The van der Waals surface area contributed by atoms with Crippen LogP contribution in [-0.2, 0) is 9.53 Å². The third-order valence-electron chi connectivity index (χ3n) is 3.18. The van der Waals surface area contributed by atoms with Gasteiger partial charge in [0.25, 0.3) is 0 Å². The van der Waals surface area contributed by atoms with Crippen molar-refractivity contribution in [2.24, 2.45) is 0 Å². The van der Waals surface area contributed by atoms with Gasteiger partial charge in [0.05, 0.1) is 19.3 Å². The van der Waals surface area contributed by atoms with Crippen molar-refractivity contribution in [2.45, 2.75) is 63.8 Å². The molecule has 8 heteroatoms. The van der Waals surface area contributed by atoms with Gasteiger partial charge in [-0.1, -0.05) is 13.8 Å². The highest BCUT2D eigenvalue weighted by Gasteiger charge is 2.43. The Morgan fingerprint density at radius 1 is 1.14 bits per heavy atom. The lowest BCUT2D eigenvalue weighted by Gasteiger charge is -2.40. The molecule has 6 N–H and O–H groups in total. The van der Waals surface area contributed by atoms with E-state index in [2.05, 4.69) is 5.32 Å². The molecule has 1 heterocycles. The summed E-state index contributed by atoms with van der Waals surface area (Å²) in [6.07, 6.45) is -5.54. The molecule has 0 aromatic heterocycles. The second-order valence-electron chi connectivity index (χ2n) is 4.78. The molecule has 0 saturated carbocycles. The summed E-state index contributed by atoms with van der Waals surface area (Å²) in [5, 5.41) is 49.2. The second-order valence-corrected chi connectivity index (χ2v) is 4.78. The molecule has 4 unspecified atom stereocenters. The third kappa shape index (κ3) is 6.25. The van der Waals surface area contributed by atoms with E-state index in [9.17, 15) is 20.1 Å². The van der Waals surface area contributed by atoms with Crippen LogP contribution < -0.4 is 5.32 Å². The predicted octanol–water partition coefficient (Wildman–Crippen LogP) is -1.69. The smallest absolute Gasteiger partial charge is 0.317 e. The van der Waals surface area contributed by atoms with Gasteiger partial charge in [0.15, 0.2) is 0 Å². The van der Waals surface area contributed by atoms with Gasteiger partial charge >= 0.3 is 5.97 Å². The van der Waals surface area contributed by atoms with Crippen molar-refractivity contribution in [2.75, 3.05) is 13.2 Å². The number of nitrogens with one attached hydrogen (secondary N) is 1.